The van der Waals surface area contributed by atoms with E-state index in [1.165, 1.54) is 18.2 Å². The van der Waals surface area contributed by atoms with Crippen LogP contribution in [0.25, 0.3) is 0 Å². The van der Waals surface area contributed by atoms with Gasteiger partial charge in [-0.1, -0.05) is 61.0 Å². The van der Waals surface area contributed by atoms with E-state index in [1.807, 2.05) is 34.6 Å². The van der Waals surface area contributed by atoms with Crippen LogP contribution in [0.3, 0.4) is 0 Å². The standard InChI is InChI=1S/C28H43NO10/c1-8-9-18(6)26(32)35-15-19(7)23(24(29)25(30)31)20-10-11-21(38-27(33)36-13-16(2)3)22(12-20)39-28(34)37-14-17(4)5/h10-12,16-19,23-24H,8-9,13-15,29H2,1-7H3,(H,30,31)/t18?,19?,23?,24-/m0/s1. The first-order valence-electron chi connectivity index (χ1n) is 13.2. The lowest BCUT2D eigenvalue weighted by Crippen LogP contribution is -2.40. The molecule has 3 N–H and O–H groups in total. The van der Waals surface area contributed by atoms with Gasteiger partial charge in [-0.25, -0.2) is 9.59 Å². The summed E-state index contributed by atoms with van der Waals surface area (Å²) < 4.78 is 26.1. The van der Waals surface area contributed by atoms with Crippen molar-refractivity contribution < 1.29 is 48.0 Å². The minimum Gasteiger partial charge on any atom is -0.480 e. The number of esters is 1. The molecule has 0 spiro atoms. The van der Waals surface area contributed by atoms with E-state index in [2.05, 4.69) is 0 Å². The Bertz CT molecular complexity index is 962. The van der Waals surface area contributed by atoms with E-state index < -0.39 is 36.2 Å². The maximum atomic E-state index is 12.3. The van der Waals surface area contributed by atoms with Crippen LogP contribution in [-0.2, 0) is 23.8 Å². The zero-order chi connectivity index (χ0) is 29.7. The van der Waals surface area contributed by atoms with Gasteiger partial charge < -0.3 is 34.5 Å². The fraction of sp³-hybridized carbons (Fsp3) is 0.643. The first-order chi connectivity index (χ1) is 18.3. The molecule has 0 aromatic heterocycles. The molecule has 11 nitrogen and oxygen atoms in total. The number of hydrogen-bond donors (Lipinski definition) is 2. The number of carboxylic acid groups (broad SMARTS) is 1. The van der Waals surface area contributed by atoms with Crippen LogP contribution in [-0.4, -0.2) is 55.2 Å². The molecular formula is C28H43NO10. The third kappa shape index (κ3) is 11.9. The van der Waals surface area contributed by atoms with Gasteiger partial charge in [0.15, 0.2) is 11.5 Å². The Morgan fingerprint density at radius 3 is 1.85 bits per heavy atom. The fourth-order valence-corrected chi connectivity index (χ4v) is 3.66. The number of benzene rings is 1. The second-order valence-corrected chi connectivity index (χ2v) is 10.5. The molecule has 0 aliphatic heterocycles. The van der Waals surface area contributed by atoms with Crippen LogP contribution < -0.4 is 15.2 Å². The molecule has 0 saturated carbocycles. The maximum absolute atomic E-state index is 12.3. The van der Waals surface area contributed by atoms with Crippen LogP contribution in [0.1, 0.15) is 72.8 Å². The number of carbonyl (C=O) groups excluding carboxylic acids is 3. The van der Waals surface area contributed by atoms with Crippen molar-refractivity contribution in [3.05, 3.63) is 23.8 Å². The molecule has 0 saturated heterocycles. The van der Waals surface area contributed by atoms with E-state index in [1.54, 1.807) is 13.8 Å². The summed E-state index contributed by atoms with van der Waals surface area (Å²) in [6.07, 6.45) is -0.551. The van der Waals surface area contributed by atoms with Gasteiger partial charge in [0.1, 0.15) is 6.04 Å². The molecule has 11 heteroatoms. The molecule has 1 aromatic carbocycles. The first-order valence-corrected chi connectivity index (χ1v) is 13.2. The van der Waals surface area contributed by atoms with Crippen molar-refractivity contribution in [3.8, 4) is 11.5 Å². The van der Waals surface area contributed by atoms with Crippen molar-refractivity contribution in [2.75, 3.05) is 19.8 Å². The van der Waals surface area contributed by atoms with Crippen molar-refractivity contribution in [1.82, 2.24) is 0 Å². The van der Waals surface area contributed by atoms with E-state index in [-0.39, 0.29) is 55.0 Å². The molecule has 0 radical (unpaired) electrons. The summed E-state index contributed by atoms with van der Waals surface area (Å²) in [5.74, 6) is -3.54. The van der Waals surface area contributed by atoms with Gasteiger partial charge in [0.2, 0.25) is 0 Å². The summed E-state index contributed by atoms with van der Waals surface area (Å²) in [6, 6.07) is 2.83. The highest BCUT2D eigenvalue weighted by Crippen LogP contribution is 2.36. The van der Waals surface area contributed by atoms with Gasteiger partial charge in [0, 0.05) is 5.92 Å². The molecule has 0 bridgehead atoms. The van der Waals surface area contributed by atoms with E-state index in [0.29, 0.717) is 12.0 Å². The number of hydrogen-bond acceptors (Lipinski definition) is 10. The molecular weight excluding hydrogens is 510 g/mol. The zero-order valence-corrected chi connectivity index (χ0v) is 23.9. The summed E-state index contributed by atoms with van der Waals surface area (Å²) in [6.45, 7) is 13.0. The lowest BCUT2D eigenvalue weighted by atomic mass is 9.82. The van der Waals surface area contributed by atoms with Crippen LogP contribution >= 0.6 is 0 Å². The van der Waals surface area contributed by atoms with Crippen LogP contribution in [0.5, 0.6) is 11.5 Å². The Morgan fingerprint density at radius 2 is 1.36 bits per heavy atom. The Morgan fingerprint density at radius 1 is 0.821 bits per heavy atom. The van der Waals surface area contributed by atoms with Gasteiger partial charge in [-0.05, 0) is 41.9 Å². The molecule has 39 heavy (non-hydrogen) atoms. The van der Waals surface area contributed by atoms with Gasteiger partial charge >= 0.3 is 24.2 Å². The van der Waals surface area contributed by atoms with E-state index in [9.17, 15) is 24.3 Å². The van der Waals surface area contributed by atoms with Crippen molar-refractivity contribution in [2.24, 2.45) is 29.4 Å². The normalized spacial score (nSPS) is 14.2. The number of carboxylic acids is 1. The average molecular weight is 554 g/mol. The maximum Gasteiger partial charge on any atom is 0.513 e. The van der Waals surface area contributed by atoms with E-state index in [4.69, 9.17) is 29.4 Å². The summed E-state index contributed by atoms with van der Waals surface area (Å²) in [4.78, 5) is 48.7. The molecule has 0 aliphatic rings. The molecule has 1 aromatic rings. The third-order valence-corrected chi connectivity index (χ3v) is 5.71. The highest BCUT2D eigenvalue weighted by molar-refractivity contribution is 5.75. The van der Waals surface area contributed by atoms with Crippen molar-refractivity contribution in [3.63, 3.8) is 0 Å². The molecule has 1 rings (SSSR count). The van der Waals surface area contributed by atoms with Crippen LogP contribution in [0.15, 0.2) is 18.2 Å². The number of aliphatic carboxylic acids is 1. The summed E-state index contributed by atoms with van der Waals surface area (Å²) >= 11 is 0. The second kappa shape index (κ2) is 16.6. The predicted molar refractivity (Wildman–Crippen MR) is 143 cm³/mol. The molecule has 0 heterocycles. The van der Waals surface area contributed by atoms with Crippen LogP contribution in [0.2, 0.25) is 0 Å². The second-order valence-electron chi connectivity index (χ2n) is 10.5. The Labute approximate surface area is 230 Å². The van der Waals surface area contributed by atoms with Crippen molar-refractivity contribution in [1.29, 1.82) is 0 Å². The first kappa shape index (κ1) is 33.7. The fourth-order valence-electron chi connectivity index (χ4n) is 3.66. The Kier molecular flexibility index (Phi) is 14.3. The van der Waals surface area contributed by atoms with Crippen LogP contribution in [0, 0.1) is 23.7 Å². The average Bonchev–Trinajstić information content (AvgIpc) is 2.86. The topological polar surface area (TPSA) is 161 Å². The molecule has 220 valence electrons. The van der Waals surface area contributed by atoms with E-state index >= 15 is 0 Å². The quantitative estimate of drug-likeness (QED) is 0.168. The number of ether oxygens (including phenoxy) is 5. The zero-order valence-electron chi connectivity index (χ0n) is 23.9. The SMILES string of the molecule is CCCC(C)C(=O)OCC(C)C(c1ccc(OC(=O)OCC(C)C)c(OC(=O)OCC(C)C)c1)[C@H](N)C(=O)O. The minimum absolute atomic E-state index is 0.0483. The largest absolute Gasteiger partial charge is 0.513 e. The Balaban J connectivity index is 3.32. The minimum atomic E-state index is -1.38. The van der Waals surface area contributed by atoms with Crippen molar-refractivity contribution >= 4 is 24.2 Å². The summed E-state index contributed by atoms with van der Waals surface area (Å²) in [5, 5.41) is 9.69. The molecule has 0 aliphatic carbocycles. The number of carbonyl (C=O) groups is 4. The van der Waals surface area contributed by atoms with Gasteiger partial charge in [-0.15, -0.1) is 0 Å². The number of nitrogens with two attached hydrogens (primary N) is 1. The Hall–Kier alpha value is -3.34. The van der Waals surface area contributed by atoms with Crippen LogP contribution in [0.4, 0.5) is 9.59 Å². The highest BCUT2D eigenvalue weighted by atomic mass is 16.7. The van der Waals surface area contributed by atoms with Gasteiger partial charge in [-0.3, -0.25) is 9.59 Å². The molecule has 0 fully saturated rings. The van der Waals surface area contributed by atoms with Gasteiger partial charge in [0.25, 0.3) is 0 Å². The molecule has 4 atom stereocenters. The highest BCUT2D eigenvalue weighted by Gasteiger charge is 2.33. The summed E-state index contributed by atoms with van der Waals surface area (Å²) in [7, 11) is 0. The lowest BCUT2D eigenvalue weighted by Gasteiger charge is -2.28. The summed E-state index contributed by atoms with van der Waals surface area (Å²) in [5.41, 5.74) is 6.41. The number of rotatable bonds is 15. The molecule has 3 unspecified atom stereocenters. The smallest absolute Gasteiger partial charge is 0.480 e. The predicted octanol–water partition coefficient (Wildman–Crippen LogP) is 5.14. The lowest BCUT2D eigenvalue weighted by molar-refractivity contribution is -0.149. The van der Waals surface area contributed by atoms with Gasteiger partial charge in [0.05, 0.1) is 25.7 Å². The van der Waals surface area contributed by atoms with Crippen molar-refractivity contribution in [2.45, 2.75) is 73.3 Å². The monoisotopic (exact) mass is 553 g/mol. The third-order valence-electron chi connectivity index (χ3n) is 5.71. The van der Waals surface area contributed by atoms with E-state index in [0.717, 1.165) is 6.42 Å². The molecule has 0 amide bonds. The van der Waals surface area contributed by atoms with Gasteiger partial charge in [-0.2, -0.15) is 0 Å².